The molecule has 0 aliphatic carbocycles. The van der Waals surface area contributed by atoms with Gasteiger partial charge >= 0.3 is 0 Å². The molecule has 0 atom stereocenters. The molecule has 0 saturated heterocycles. The fourth-order valence-electron chi connectivity index (χ4n) is 2.69. The van der Waals surface area contributed by atoms with Gasteiger partial charge < -0.3 is 16.0 Å². The summed E-state index contributed by atoms with van der Waals surface area (Å²) in [5.41, 5.74) is 8.47. The van der Waals surface area contributed by atoms with Crippen molar-refractivity contribution in [3.8, 4) is 0 Å². The number of H-pyrrole nitrogens is 1. The van der Waals surface area contributed by atoms with Gasteiger partial charge in [0.1, 0.15) is 0 Å². The van der Waals surface area contributed by atoms with Crippen molar-refractivity contribution in [3.63, 3.8) is 0 Å². The number of carbonyl (C=O) groups excluding carboxylic acids is 1. The fraction of sp³-hybridized carbons (Fsp3) is 0.105. The van der Waals surface area contributed by atoms with E-state index in [0.717, 1.165) is 20.9 Å². The van der Waals surface area contributed by atoms with Crippen molar-refractivity contribution in [3.05, 3.63) is 67.7 Å². The number of aromatic amines is 1. The van der Waals surface area contributed by atoms with Crippen LogP contribution in [0.15, 0.2) is 40.9 Å². The van der Waals surface area contributed by atoms with Crippen molar-refractivity contribution in [1.82, 2.24) is 10.3 Å². The Morgan fingerprint density at radius 1 is 1.15 bits per heavy atom. The van der Waals surface area contributed by atoms with Crippen LogP contribution in [0.3, 0.4) is 0 Å². The highest BCUT2D eigenvalue weighted by atomic mass is 79.9. The minimum absolute atomic E-state index is 0.173. The number of benzene rings is 2. The van der Waals surface area contributed by atoms with Gasteiger partial charge in [-0.15, -0.1) is 0 Å². The van der Waals surface area contributed by atoms with Gasteiger partial charge in [0.15, 0.2) is 0 Å². The van der Waals surface area contributed by atoms with Crippen LogP contribution in [-0.4, -0.2) is 24.0 Å². The molecule has 1 heterocycles. The van der Waals surface area contributed by atoms with Gasteiger partial charge in [-0.3, -0.25) is 4.79 Å². The summed E-state index contributed by atoms with van der Waals surface area (Å²) >= 11 is 15.5. The lowest BCUT2D eigenvalue weighted by Crippen LogP contribution is -2.29. The Morgan fingerprint density at radius 2 is 1.88 bits per heavy atom. The predicted molar refractivity (Wildman–Crippen MR) is 113 cm³/mol. The maximum atomic E-state index is 12.6. The molecule has 3 rings (SSSR count). The Hall–Kier alpha value is -1.79. The van der Waals surface area contributed by atoms with E-state index in [9.17, 15) is 4.79 Å². The highest BCUT2D eigenvalue weighted by molar-refractivity contribution is 9.10. The number of aromatic nitrogens is 1. The molecule has 1 amide bonds. The molecule has 134 valence electrons. The Balaban J connectivity index is 2.05. The Bertz CT molecular complexity index is 978. The number of hydrogen-bond donors (Lipinski definition) is 3. The van der Waals surface area contributed by atoms with Crippen LogP contribution >= 0.6 is 39.1 Å². The van der Waals surface area contributed by atoms with Gasteiger partial charge in [0.05, 0.1) is 11.3 Å². The quantitative estimate of drug-likeness (QED) is 0.504. The van der Waals surface area contributed by atoms with E-state index in [1.54, 1.807) is 18.2 Å². The van der Waals surface area contributed by atoms with E-state index in [4.69, 9.17) is 28.9 Å². The normalized spacial score (nSPS) is 11.4. The molecule has 0 radical (unpaired) electrons. The van der Waals surface area contributed by atoms with Gasteiger partial charge in [0.2, 0.25) is 0 Å². The molecule has 4 N–H and O–H groups in total. The van der Waals surface area contributed by atoms with Crippen molar-refractivity contribution in [2.24, 2.45) is 5.73 Å². The lowest BCUT2D eigenvalue weighted by molar-refractivity contribution is 0.0956. The van der Waals surface area contributed by atoms with Gasteiger partial charge in [-0.1, -0.05) is 51.3 Å². The van der Waals surface area contributed by atoms with Crippen LogP contribution in [0, 0.1) is 0 Å². The minimum Gasteiger partial charge on any atom is -0.354 e. The van der Waals surface area contributed by atoms with E-state index in [1.807, 2.05) is 30.4 Å². The summed E-state index contributed by atoms with van der Waals surface area (Å²) in [6, 6.07) is 11.0. The third-order valence-electron chi connectivity index (χ3n) is 3.77. The molecule has 7 heteroatoms. The van der Waals surface area contributed by atoms with Gasteiger partial charge in [-0.2, -0.15) is 0 Å². The molecule has 0 unspecified atom stereocenters. The first-order valence-electron chi connectivity index (χ1n) is 7.91. The summed E-state index contributed by atoms with van der Waals surface area (Å²) in [6.45, 7) is 0.793. The summed E-state index contributed by atoms with van der Waals surface area (Å²) < 4.78 is 0.928. The van der Waals surface area contributed by atoms with Gasteiger partial charge in [0, 0.05) is 38.5 Å². The zero-order chi connectivity index (χ0) is 18.7. The molecule has 0 aliphatic rings. The van der Waals surface area contributed by atoms with Crippen molar-refractivity contribution in [2.45, 2.75) is 0 Å². The number of hydrogen-bond acceptors (Lipinski definition) is 2. The van der Waals surface area contributed by atoms with Crippen LogP contribution in [0.25, 0.3) is 23.1 Å². The number of carbonyl (C=O) groups is 1. The molecule has 0 aliphatic heterocycles. The summed E-state index contributed by atoms with van der Waals surface area (Å²) in [4.78, 5) is 15.9. The number of amides is 1. The van der Waals surface area contributed by atoms with Crippen LogP contribution in [0.5, 0.6) is 0 Å². The van der Waals surface area contributed by atoms with Crippen LogP contribution in [0.2, 0.25) is 10.0 Å². The van der Waals surface area contributed by atoms with Gasteiger partial charge in [-0.25, -0.2) is 0 Å². The largest absolute Gasteiger partial charge is 0.354 e. The van der Waals surface area contributed by atoms with Gasteiger partial charge in [-0.05, 0) is 42.0 Å². The van der Waals surface area contributed by atoms with Crippen molar-refractivity contribution in [2.75, 3.05) is 13.1 Å². The monoisotopic (exact) mass is 451 g/mol. The Morgan fingerprint density at radius 3 is 2.58 bits per heavy atom. The van der Waals surface area contributed by atoms with Crippen LogP contribution in [0.1, 0.15) is 21.6 Å². The number of nitrogens with one attached hydrogen (secondary N) is 2. The Labute approximate surface area is 169 Å². The minimum atomic E-state index is -0.173. The fourth-order valence-corrected chi connectivity index (χ4v) is 3.59. The SMILES string of the molecule is NCCNC(=O)c1c(/C=C/c2cc(Cl)cc(Cl)c2)[nH]c2cc(Br)ccc12. The van der Waals surface area contributed by atoms with E-state index in [1.165, 1.54) is 0 Å². The lowest BCUT2D eigenvalue weighted by atomic mass is 10.1. The molecule has 2 aromatic carbocycles. The summed E-state index contributed by atoms with van der Waals surface area (Å²) in [6.07, 6.45) is 3.70. The number of halogens is 3. The van der Waals surface area contributed by atoms with Crippen LogP contribution in [0.4, 0.5) is 0 Å². The van der Waals surface area contributed by atoms with E-state index < -0.39 is 0 Å². The molecule has 0 spiro atoms. The van der Waals surface area contributed by atoms with E-state index in [2.05, 4.69) is 26.2 Å². The summed E-state index contributed by atoms with van der Waals surface area (Å²) in [5.74, 6) is -0.173. The van der Waals surface area contributed by atoms with Crippen LogP contribution < -0.4 is 11.1 Å². The average molecular weight is 453 g/mol. The highest BCUT2D eigenvalue weighted by Gasteiger charge is 2.17. The zero-order valence-corrected chi connectivity index (χ0v) is 16.8. The predicted octanol–water partition coefficient (Wildman–Crippen LogP) is 5.10. The maximum absolute atomic E-state index is 12.6. The zero-order valence-electron chi connectivity index (χ0n) is 13.7. The molecule has 0 saturated carbocycles. The third kappa shape index (κ3) is 4.30. The van der Waals surface area contributed by atoms with Crippen molar-refractivity contribution >= 4 is 68.1 Å². The van der Waals surface area contributed by atoms with Gasteiger partial charge in [0.25, 0.3) is 5.91 Å². The number of rotatable bonds is 5. The molecular formula is C19H16BrCl2N3O. The Kier molecular flexibility index (Phi) is 6.04. The topological polar surface area (TPSA) is 70.9 Å². The maximum Gasteiger partial charge on any atom is 0.254 e. The molecule has 1 aromatic heterocycles. The summed E-state index contributed by atoms with van der Waals surface area (Å²) in [7, 11) is 0. The summed E-state index contributed by atoms with van der Waals surface area (Å²) in [5, 5.41) is 4.77. The number of nitrogens with two attached hydrogens (primary N) is 1. The molecule has 26 heavy (non-hydrogen) atoms. The molecule has 0 bridgehead atoms. The molecule has 0 fully saturated rings. The smallest absolute Gasteiger partial charge is 0.254 e. The second-order valence-electron chi connectivity index (χ2n) is 5.68. The first kappa shape index (κ1) is 19.0. The second-order valence-corrected chi connectivity index (χ2v) is 7.47. The average Bonchev–Trinajstić information content (AvgIpc) is 2.94. The van der Waals surface area contributed by atoms with E-state index in [-0.39, 0.29) is 5.91 Å². The van der Waals surface area contributed by atoms with Crippen molar-refractivity contribution in [1.29, 1.82) is 0 Å². The lowest BCUT2D eigenvalue weighted by Gasteiger charge is -2.04. The first-order chi connectivity index (χ1) is 12.5. The molecule has 4 nitrogen and oxygen atoms in total. The first-order valence-corrected chi connectivity index (χ1v) is 9.46. The van der Waals surface area contributed by atoms with E-state index in [0.29, 0.717) is 34.4 Å². The second kappa shape index (κ2) is 8.27. The van der Waals surface area contributed by atoms with E-state index >= 15 is 0 Å². The third-order valence-corrected chi connectivity index (χ3v) is 4.70. The van der Waals surface area contributed by atoms with Crippen LogP contribution in [-0.2, 0) is 0 Å². The standard InChI is InChI=1S/C19H16BrCl2N3O/c20-12-2-3-15-17(9-12)25-16(18(15)19(26)24-6-5-23)4-1-11-7-13(21)10-14(22)8-11/h1-4,7-10,25H,5-6,23H2,(H,24,26)/b4-1+. The molecular weight excluding hydrogens is 437 g/mol. The number of fused-ring (bicyclic) bond motifs is 1. The molecule has 3 aromatic rings. The highest BCUT2D eigenvalue weighted by Crippen LogP contribution is 2.27. The van der Waals surface area contributed by atoms with Crippen molar-refractivity contribution < 1.29 is 4.79 Å².